The summed E-state index contributed by atoms with van der Waals surface area (Å²) >= 11 is 0. The molecule has 0 aromatic carbocycles. The van der Waals surface area contributed by atoms with Gasteiger partial charge in [-0.2, -0.15) is 0 Å². The van der Waals surface area contributed by atoms with Crippen LogP contribution >= 0.6 is 0 Å². The highest BCUT2D eigenvalue weighted by molar-refractivity contribution is 4.83. The van der Waals surface area contributed by atoms with Gasteiger partial charge >= 0.3 is 0 Å². The number of rotatable bonds is 2. The summed E-state index contributed by atoms with van der Waals surface area (Å²) in [5.41, 5.74) is 0. The van der Waals surface area contributed by atoms with Crippen molar-refractivity contribution in [3.8, 4) is 0 Å². The zero-order chi connectivity index (χ0) is 10.7. The summed E-state index contributed by atoms with van der Waals surface area (Å²) < 4.78 is 0. The fourth-order valence-corrected chi connectivity index (χ4v) is 3.28. The molecule has 0 amide bonds. The minimum atomic E-state index is -0.0549. The maximum Gasteiger partial charge on any atom is 0.0667 e. The van der Waals surface area contributed by atoms with Gasteiger partial charge < -0.3 is 5.11 Å². The fourth-order valence-electron chi connectivity index (χ4n) is 3.28. The van der Waals surface area contributed by atoms with Crippen molar-refractivity contribution >= 4 is 0 Å². The first-order valence-electron chi connectivity index (χ1n) is 6.71. The number of likely N-dealkylation sites (tertiary alicyclic amines) is 1. The molecule has 1 saturated heterocycles. The van der Waals surface area contributed by atoms with Gasteiger partial charge in [0.1, 0.15) is 0 Å². The van der Waals surface area contributed by atoms with E-state index in [-0.39, 0.29) is 6.10 Å². The van der Waals surface area contributed by atoms with Gasteiger partial charge in [-0.25, -0.2) is 0 Å². The van der Waals surface area contributed by atoms with E-state index in [0.717, 1.165) is 24.9 Å². The number of aliphatic hydroxyl groups is 1. The topological polar surface area (TPSA) is 23.5 Å². The van der Waals surface area contributed by atoms with E-state index in [1.165, 1.54) is 45.1 Å². The maximum absolute atomic E-state index is 9.69. The van der Waals surface area contributed by atoms with Crippen molar-refractivity contribution in [2.45, 2.75) is 64.0 Å². The largest absolute Gasteiger partial charge is 0.392 e. The van der Waals surface area contributed by atoms with E-state index in [9.17, 15) is 5.11 Å². The molecule has 2 aliphatic rings. The summed E-state index contributed by atoms with van der Waals surface area (Å²) in [6, 6.07) is 0.777. The smallest absolute Gasteiger partial charge is 0.0667 e. The van der Waals surface area contributed by atoms with Crippen molar-refractivity contribution in [3.63, 3.8) is 0 Å². The molecule has 1 aliphatic carbocycles. The lowest BCUT2D eigenvalue weighted by molar-refractivity contribution is 0.0284. The summed E-state index contributed by atoms with van der Waals surface area (Å²) in [7, 11) is 0. The number of hydrogen-bond donors (Lipinski definition) is 1. The highest BCUT2D eigenvalue weighted by Crippen LogP contribution is 2.31. The molecule has 1 saturated carbocycles. The van der Waals surface area contributed by atoms with Gasteiger partial charge in [-0.3, -0.25) is 4.90 Å². The van der Waals surface area contributed by atoms with Gasteiger partial charge in [0, 0.05) is 12.6 Å². The summed E-state index contributed by atoms with van der Waals surface area (Å²) in [5, 5.41) is 9.69. The van der Waals surface area contributed by atoms with E-state index in [1.807, 2.05) is 0 Å². The first-order valence-corrected chi connectivity index (χ1v) is 6.71. The quantitative estimate of drug-likeness (QED) is 0.758. The normalized spacial score (nSPS) is 39.2. The van der Waals surface area contributed by atoms with Crippen molar-refractivity contribution in [2.75, 3.05) is 13.1 Å². The van der Waals surface area contributed by atoms with Crippen LogP contribution in [0.1, 0.15) is 51.9 Å². The highest BCUT2D eigenvalue weighted by atomic mass is 16.3. The lowest BCUT2D eigenvalue weighted by Gasteiger charge is -2.40. The van der Waals surface area contributed by atoms with Gasteiger partial charge in [0.25, 0.3) is 0 Å². The third-order valence-corrected chi connectivity index (χ3v) is 4.28. The Bertz CT molecular complexity index is 195. The molecule has 1 N–H and O–H groups in total. The fraction of sp³-hybridized carbons (Fsp3) is 1.00. The summed E-state index contributed by atoms with van der Waals surface area (Å²) in [5.74, 6) is 0.947. The molecule has 1 aliphatic heterocycles. The molecule has 2 fully saturated rings. The summed E-state index contributed by atoms with van der Waals surface area (Å²) in [6.45, 7) is 4.47. The lowest BCUT2D eigenvalue weighted by Crippen LogP contribution is -2.46. The third kappa shape index (κ3) is 2.94. The second kappa shape index (κ2) is 5.31. The Morgan fingerprint density at radius 2 is 2.07 bits per heavy atom. The van der Waals surface area contributed by atoms with Gasteiger partial charge in [0.15, 0.2) is 0 Å². The molecule has 0 aromatic heterocycles. The van der Waals surface area contributed by atoms with Gasteiger partial charge in [0.2, 0.25) is 0 Å². The van der Waals surface area contributed by atoms with Gasteiger partial charge in [0.05, 0.1) is 6.10 Å². The summed E-state index contributed by atoms with van der Waals surface area (Å²) in [6.07, 6.45) is 9.06. The van der Waals surface area contributed by atoms with Crippen LogP contribution in [0.2, 0.25) is 0 Å². The Kier molecular flexibility index (Phi) is 4.04. The monoisotopic (exact) mass is 211 g/mol. The van der Waals surface area contributed by atoms with Crippen LogP contribution in [0.25, 0.3) is 0 Å². The van der Waals surface area contributed by atoms with Crippen LogP contribution in [0.15, 0.2) is 0 Å². The minimum Gasteiger partial charge on any atom is -0.392 e. The molecule has 88 valence electrons. The first kappa shape index (κ1) is 11.4. The molecule has 1 heterocycles. The predicted molar refractivity (Wildman–Crippen MR) is 62.9 cm³/mol. The summed E-state index contributed by atoms with van der Waals surface area (Å²) in [4.78, 5) is 2.55. The number of hydrogen-bond acceptors (Lipinski definition) is 2. The number of piperidine rings is 1. The third-order valence-electron chi connectivity index (χ3n) is 4.28. The Morgan fingerprint density at radius 3 is 2.80 bits per heavy atom. The van der Waals surface area contributed by atoms with Gasteiger partial charge in [-0.15, -0.1) is 0 Å². The van der Waals surface area contributed by atoms with Crippen molar-refractivity contribution < 1.29 is 5.11 Å². The van der Waals surface area contributed by atoms with Crippen molar-refractivity contribution in [1.82, 2.24) is 4.90 Å². The molecular weight excluding hydrogens is 186 g/mol. The number of β-amino-alcohol motifs (C(OH)–C–C–N with tert-alkyl or cyclic N) is 1. The first-order chi connectivity index (χ1) is 7.29. The highest BCUT2D eigenvalue weighted by Gasteiger charge is 2.28. The average molecular weight is 211 g/mol. The molecule has 2 unspecified atom stereocenters. The maximum atomic E-state index is 9.69. The Hall–Kier alpha value is -0.0800. The van der Waals surface area contributed by atoms with E-state index < -0.39 is 0 Å². The van der Waals surface area contributed by atoms with Crippen molar-refractivity contribution in [1.29, 1.82) is 0 Å². The molecule has 0 aromatic rings. The SMILES string of the molecule is CCC1CCCC(N2CCC[C@H](O)C2)C1. The number of nitrogens with zero attached hydrogens (tertiary/aromatic N) is 1. The van der Waals surface area contributed by atoms with Crippen LogP contribution in [0, 0.1) is 5.92 Å². The Morgan fingerprint density at radius 1 is 1.20 bits per heavy atom. The van der Waals surface area contributed by atoms with Crippen LogP contribution in [-0.4, -0.2) is 35.2 Å². The van der Waals surface area contributed by atoms with E-state index in [4.69, 9.17) is 0 Å². The molecule has 0 bridgehead atoms. The van der Waals surface area contributed by atoms with Gasteiger partial charge in [-0.1, -0.05) is 26.2 Å². The molecule has 0 spiro atoms. The molecule has 15 heavy (non-hydrogen) atoms. The minimum absolute atomic E-state index is 0.0549. The Labute approximate surface area is 93.7 Å². The van der Waals surface area contributed by atoms with Crippen LogP contribution in [-0.2, 0) is 0 Å². The second-order valence-corrected chi connectivity index (χ2v) is 5.39. The molecule has 0 radical (unpaired) electrons. The van der Waals surface area contributed by atoms with Crippen LogP contribution in [0.4, 0.5) is 0 Å². The van der Waals surface area contributed by atoms with Crippen molar-refractivity contribution in [2.24, 2.45) is 5.92 Å². The van der Waals surface area contributed by atoms with Gasteiger partial charge in [-0.05, 0) is 38.1 Å². The number of aliphatic hydroxyl groups excluding tert-OH is 1. The van der Waals surface area contributed by atoms with Crippen LogP contribution in [0.3, 0.4) is 0 Å². The van der Waals surface area contributed by atoms with Crippen LogP contribution in [0.5, 0.6) is 0 Å². The predicted octanol–water partition coefficient (Wildman–Crippen LogP) is 2.41. The standard InChI is InChI=1S/C13H25NO/c1-2-11-5-3-6-12(9-11)14-8-4-7-13(15)10-14/h11-13,15H,2-10H2,1H3/t11?,12?,13-/m0/s1. The van der Waals surface area contributed by atoms with Crippen LogP contribution < -0.4 is 0 Å². The van der Waals surface area contributed by atoms with E-state index in [2.05, 4.69) is 11.8 Å². The molecule has 2 heteroatoms. The Balaban J connectivity index is 1.86. The van der Waals surface area contributed by atoms with E-state index in [0.29, 0.717) is 0 Å². The molecule has 2 rings (SSSR count). The van der Waals surface area contributed by atoms with E-state index >= 15 is 0 Å². The molecule has 2 nitrogen and oxygen atoms in total. The molecular formula is C13H25NO. The second-order valence-electron chi connectivity index (χ2n) is 5.39. The van der Waals surface area contributed by atoms with Crippen molar-refractivity contribution in [3.05, 3.63) is 0 Å². The molecule has 3 atom stereocenters. The zero-order valence-electron chi connectivity index (χ0n) is 9.99. The zero-order valence-corrected chi connectivity index (χ0v) is 9.99. The average Bonchev–Trinajstić information content (AvgIpc) is 2.29. The lowest BCUT2D eigenvalue weighted by atomic mass is 9.83. The van der Waals surface area contributed by atoms with E-state index in [1.54, 1.807) is 0 Å².